The number of anilines is 1. The molecule has 1 atom stereocenters. The maximum absolute atomic E-state index is 12.7. The predicted molar refractivity (Wildman–Crippen MR) is 103 cm³/mol. The molecule has 156 valence electrons. The first-order valence-electron chi connectivity index (χ1n) is 8.81. The Bertz CT molecular complexity index is 703. The van der Waals surface area contributed by atoms with E-state index in [4.69, 9.17) is 10.5 Å². The number of methoxy groups -OCH3 is 1. The molecular formula is C19H28FN3O5. The van der Waals surface area contributed by atoms with Crippen LogP contribution < -0.4 is 21.1 Å². The van der Waals surface area contributed by atoms with E-state index in [0.29, 0.717) is 12.2 Å². The third-order valence-electron chi connectivity index (χ3n) is 3.73. The van der Waals surface area contributed by atoms with Gasteiger partial charge in [0.1, 0.15) is 11.8 Å². The SMILES string of the molecule is COC(=O)C(CCC(N)=O)NC(=O)c1ccc(NCC(C)(C)C)c(OCF)c1. The van der Waals surface area contributed by atoms with Crippen molar-refractivity contribution in [1.29, 1.82) is 0 Å². The number of nitrogens with two attached hydrogens (primary N) is 1. The van der Waals surface area contributed by atoms with E-state index in [1.165, 1.54) is 19.2 Å². The zero-order valence-corrected chi connectivity index (χ0v) is 16.6. The summed E-state index contributed by atoms with van der Waals surface area (Å²) in [6.45, 7) is 5.67. The quantitative estimate of drug-likeness (QED) is 0.520. The Morgan fingerprint density at radius 3 is 2.46 bits per heavy atom. The maximum Gasteiger partial charge on any atom is 0.328 e. The van der Waals surface area contributed by atoms with Crippen molar-refractivity contribution in [3.8, 4) is 5.75 Å². The van der Waals surface area contributed by atoms with Crippen molar-refractivity contribution < 1.29 is 28.2 Å². The highest BCUT2D eigenvalue weighted by atomic mass is 19.1. The van der Waals surface area contributed by atoms with Gasteiger partial charge in [0.15, 0.2) is 0 Å². The topological polar surface area (TPSA) is 120 Å². The molecule has 0 fully saturated rings. The molecule has 1 rings (SSSR count). The number of alkyl halides is 1. The van der Waals surface area contributed by atoms with Gasteiger partial charge in [-0.2, -0.15) is 0 Å². The summed E-state index contributed by atoms with van der Waals surface area (Å²) in [4.78, 5) is 35.3. The first-order valence-corrected chi connectivity index (χ1v) is 8.81. The minimum absolute atomic E-state index is 0.00675. The Morgan fingerprint density at radius 2 is 1.93 bits per heavy atom. The van der Waals surface area contributed by atoms with Gasteiger partial charge in [-0.15, -0.1) is 0 Å². The number of primary amides is 1. The summed E-state index contributed by atoms with van der Waals surface area (Å²) < 4.78 is 22.4. The van der Waals surface area contributed by atoms with Gasteiger partial charge in [0.25, 0.3) is 5.91 Å². The smallest absolute Gasteiger partial charge is 0.328 e. The van der Waals surface area contributed by atoms with Crippen LogP contribution in [0, 0.1) is 5.41 Å². The van der Waals surface area contributed by atoms with Gasteiger partial charge in [-0.25, -0.2) is 9.18 Å². The molecule has 2 amide bonds. The number of benzene rings is 1. The van der Waals surface area contributed by atoms with E-state index >= 15 is 0 Å². The molecule has 0 spiro atoms. The number of carbonyl (C=O) groups is 3. The van der Waals surface area contributed by atoms with Gasteiger partial charge in [-0.05, 0) is 30.0 Å². The lowest BCUT2D eigenvalue weighted by atomic mass is 9.97. The van der Waals surface area contributed by atoms with Gasteiger partial charge < -0.3 is 25.8 Å². The number of ether oxygens (including phenoxy) is 2. The number of rotatable bonds is 10. The molecule has 0 aliphatic rings. The molecule has 9 heteroatoms. The third-order valence-corrected chi connectivity index (χ3v) is 3.73. The van der Waals surface area contributed by atoms with Gasteiger partial charge in [0.2, 0.25) is 12.8 Å². The van der Waals surface area contributed by atoms with Crippen LogP contribution in [0.15, 0.2) is 18.2 Å². The number of halogens is 1. The summed E-state index contributed by atoms with van der Waals surface area (Å²) in [6.07, 6.45) is -0.0846. The molecule has 4 N–H and O–H groups in total. The van der Waals surface area contributed by atoms with Gasteiger partial charge >= 0.3 is 5.97 Å². The number of hydrogen-bond donors (Lipinski definition) is 3. The first-order chi connectivity index (χ1) is 13.1. The lowest BCUT2D eigenvalue weighted by molar-refractivity contribution is -0.143. The van der Waals surface area contributed by atoms with Crippen molar-refractivity contribution in [2.45, 2.75) is 39.7 Å². The molecule has 1 unspecified atom stereocenters. The van der Waals surface area contributed by atoms with Crippen LogP contribution in [0.3, 0.4) is 0 Å². The summed E-state index contributed by atoms with van der Waals surface area (Å²) in [5, 5.41) is 5.65. The lowest BCUT2D eigenvalue weighted by Gasteiger charge is -2.21. The molecular weight excluding hydrogens is 369 g/mol. The fourth-order valence-corrected chi connectivity index (χ4v) is 2.27. The largest absolute Gasteiger partial charge is 0.467 e. The van der Waals surface area contributed by atoms with E-state index in [2.05, 4.69) is 15.4 Å². The highest BCUT2D eigenvalue weighted by Crippen LogP contribution is 2.27. The Hall–Kier alpha value is -2.84. The van der Waals surface area contributed by atoms with Crippen molar-refractivity contribution >= 4 is 23.5 Å². The zero-order valence-electron chi connectivity index (χ0n) is 16.6. The molecule has 28 heavy (non-hydrogen) atoms. The maximum atomic E-state index is 12.7. The third kappa shape index (κ3) is 7.81. The van der Waals surface area contributed by atoms with Crippen molar-refractivity contribution in [3.05, 3.63) is 23.8 Å². The summed E-state index contributed by atoms with van der Waals surface area (Å²) >= 11 is 0. The van der Waals surface area contributed by atoms with E-state index in [1.54, 1.807) is 6.07 Å². The van der Waals surface area contributed by atoms with Crippen LogP contribution in [0.1, 0.15) is 44.0 Å². The molecule has 8 nitrogen and oxygen atoms in total. The number of hydrogen-bond acceptors (Lipinski definition) is 6. The van der Waals surface area contributed by atoms with Gasteiger partial charge in [-0.1, -0.05) is 20.8 Å². The molecule has 0 saturated heterocycles. The molecule has 0 aromatic heterocycles. The molecule has 0 aliphatic heterocycles. The van der Waals surface area contributed by atoms with Crippen LogP contribution in [-0.4, -0.2) is 44.3 Å². The van der Waals surface area contributed by atoms with E-state index in [1.807, 2.05) is 20.8 Å². The molecule has 0 saturated carbocycles. The summed E-state index contributed by atoms with van der Waals surface area (Å²) in [5.41, 5.74) is 5.78. The second-order valence-corrected chi connectivity index (χ2v) is 7.43. The molecule has 0 heterocycles. The Labute approximate surface area is 163 Å². The minimum Gasteiger partial charge on any atom is -0.467 e. The minimum atomic E-state index is -1.06. The van der Waals surface area contributed by atoms with E-state index in [9.17, 15) is 18.8 Å². The number of amides is 2. The monoisotopic (exact) mass is 397 g/mol. The summed E-state index contributed by atoms with van der Waals surface area (Å²) in [7, 11) is 1.18. The van der Waals surface area contributed by atoms with E-state index in [0.717, 1.165) is 0 Å². The second kappa shape index (κ2) is 10.5. The van der Waals surface area contributed by atoms with Crippen LogP contribution in [0.4, 0.5) is 10.1 Å². The highest BCUT2D eigenvalue weighted by Gasteiger charge is 2.23. The van der Waals surface area contributed by atoms with Gasteiger partial charge in [-0.3, -0.25) is 9.59 Å². The van der Waals surface area contributed by atoms with Crippen molar-refractivity contribution in [3.63, 3.8) is 0 Å². The Kier molecular flexibility index (Phi) is 8.69. The number of esters is 1. The van der Waals surface area contributed by atoms with Crippen molar-refractivity contribution in [2.24, 2.45) is 11.1 Å². The second-order valence-electron chi connectivity index (χ2n) is 7.43. The van der Waals surface area contributed by atoms with Crippen molar-refractivity contribution in [2.75, 3.05) is 25.8 Å². The van der Waals surface area contributed by atoms with Crippen LogP contribution in [-0.2, 0) is 14.3 Å². The van der Waals surface area contributed by atoms with Gasteiger partial charge in [0, 0.05) is 18.5 Å². The molecule has 0 radical (unpaired) electrons. The fourth-order valence-electron chi connectivity index (χ4n) is 2.27. The average molecular weight is 397 g/mol. The van der Waals surface area contributed by atoms with Crippen LogP contribution in [0.2, 0.25) is 0 Å². The average Bonchev–Trinajstić information content (AvgIpc) is 2.62. The lowest BCUT2D eigenvalue weighted by Crippen LogP contribution is -2.42. The van der Waals surface area contributed by atoms with Crippen LogP contribution >= 0.6 is 0 Å². The first kappa shape index (κ1) is 23.2. The predicted octanol–water partition coefficient (Wildman–Crippen LogP) is 1.99. The molecule has 0 aliphatic carbocycles. The van der Waals surface area contributed by atoms with E-state index in [-0.39, 0.29) is 29.6 Å². The number of nitrogens with one attached hydrogen (secondary N) is 2. The van der Waals surface area contributed by atoms with Gasteiger partial charge in [0.05, 0.1) is 12.8 Å². The summed E-state index contributed by atoms with van der Waals surface area (Å²) in [5.74, 6) is -1.72. The fraction of sp³-hybridized carbons (Fsp3) is 0.526. The van der Waals surface area contributed by atoms with Crippen LogP contribution in [0.25, 0.3) is 0 Å². The zero-order chi connectivity index (χ0) is 21.3. The molecule has 1 aromatic rings. The number of carbonyl (C=O) groups excluding carboxylic acids is 3. The normalized spacial score (nSPS) is 12.0. The van der Waals surface area contributed by atoms with Crippen molar-refractivity contribution in [1.82, 2.24) is 5.32 Å². The Morgan fingerprint density at radius 1 is 1.25 bits per heavy atom. The standard InChI is InChI=1S/C19H28FN3O5/c1-19(2,3)10-22-13-6-5-12(9-15(13)28-11-20)17(25)23-14(18(26)27-4)7-8-16(21)24/h5-6,9,14,22H,7-8,10-11H2,1-4H3,(H2,21,24)(H,23,25). The summed E-state index contributed by atoms with van der Waals surface area (Å²) in [6, 6.07) is 3.47. The Balaban J connectivity index is 2.97. The molecule has 0 bridgehead atoms. The molecule has 1 aromatic carbocycles. The van der Waals surface area contributed by atoms with Crippen LogP contribution in [0.5, 0.6) is 5.75 Å². The highest BCUT2D eigenvalue weighted by molar-refractivity contribution is 5.97. The van der Waals surface area contributed by atoms with E-state index < -0.39 is 30.7 Å².